The molecule has 1 atom stereocenters. The molecule has 1 N–H and O–H groups in total. The summed E-state index contributed by atoms with van der Waals surface area (Å²) in [6, 6.07) is 16.8. The molecule has 0 saturated carbocycles. The van der Waals surface area contributed by atoms with E-state index in [0.29, 0.717) is 17.0 Å². The number of methoxy groups -OCH3 is 1. The molecule has 1 heterocycles. The van der Waals surface area contributed by atoms with E-state index in [1.54, 1.807) is 31.4 Å². The summed E-state index contributed by atoms with van der Waals surface area (Å²) in [4.78, 5) is 29.1. The van der Waals surface area contributed by atoms with Gasteiger partial charge in [-0.25, -0.2) is 4.98 Å². The van der Waals surface area contributed by atoms with Crippen LogP contribution in [-0.4, -0.2) is 29.5 Å². The molecule has 1 unspecified atom stereocenters. The summed E-state index contributed by atoms with van der Waals surface area (Å²) < 4.78 is 5.89. The third-order valence-corrected chi connectivity index (χ3v) is 6.36. The SMILES string of the molecule is COc1ccc(C(=O)CSc2nc(CC(=O)NC(C)c3ccccc3)cs2)cc1. The van der Waals surface area contributed by atoms with E-state index in [2.05, 4.69) is 10.3 Å². The highest BCUT2D eigenvalue weighted by atomic mass is 32.2. The Morgan fingerprint density at radius 1 is 1.14 bits per heavy atom. The summed E-state index contributed by atoms with van der Waals surface area (Å²) in [5.74, 6) is 0.983. The number of nitrogens with one attached hydrogen (secondary N) is 1. The van der Waals surface area contributed by atoms with Gasteiger partial charge in [-0.05, 0) is 36.8 Å². The lowest BCUT2D eigenvalue weighted by molar-refractivity contribution is -0.121. The van der Waals surface area contributed by atoms with Crippen LogP contribution < -0.4 is 10.1 Å². The van der Waals surface area contributed by atoms with Crippen molar-refractivity contribution in [3.8, 4) is 5.75 Å². The molecule has 1 amide bonds. The summed E-state index contributed by atoms with van der Waals surface area (Å²) in [7, 11) is 1.59. The first-order chi connectivity index (χ1) is 14.0. The highest BCUT2D eigenvalue weighted by Gasteiger charge is 2.13. The van der Waals surface area contributed by atoms with E-state index in [1.165, 1.54) is 23.1 Å². The molecule has 0 radical (unpaired) electrons. The summed E-state index contributed by atoms with van der Waals surface area (Å²) in [5, 5.41) is 4.86. The van der Waals surface area contributed by atoms with E-state index < -0.39 is 0 Å². The Labute approximate surface area is 178 Å². The smallest absolute Gasteiger partial charge is 0.226 e. The number of thiazole rings is 1. The molecule has 0 aliphatic rings. The average molecular weight is 427 g/mol. The molecule has 2 aromatic carbocycles. The number of amides is 1. The zero-order valence-electron chi connectivity index (χ0n) is 16.3. The number of Topliss-reactive ketones (excluding diaryl/α,β-unsaturated/α-hetero) is 1. The molecule has 3 aromatic rings. The van der Waals surface area contributed by atoms with Crippen LogP contribution in [0.15, 0.2) is 64.3 Å². The molecule has 29 heavy (non-hydrogen) atoms. The van der Waals surface area contributed by atoms with Crippen molar-refractivity contribution < 1.29 is 14.3 Å². The summed E-state index contributed by atoms with van der Waals surface area (Å²) in [6.07, 6.45) is 0.223. The van der Waals surface area contributed by atoms with Crippen molar-refractivity contribution in [1.82, 2.24) is 10.3 Å². The first-order valence-electron chi connectivity index (χ1n) is 9.14. The highest BCUT2D eigenvalue weighted by molar-refractivity contribution is 8.01. The predicted octanol–water partition coefficient (Wildman–Crippen LogP) is 4.55. The van der Waals surface area contributed by atoms with E-state index in [4.69, 9.17) is 4.74 Å². The lowest BCUT2D eigenvalue weighted by Gasteiger charge is -2.13. The topological polar surface area (TPSA) is 68.3 Å². The number of nitrogens with zero attached hydrogens (tertiary/aromatic N) is 1. The second-order valence-corrected chi connectivity index (χ2v) is 8.50. The molecule has 0 aliphatic heterocycles. The van der Waals surface area contributed by atoms with Crippen LogP contribution in [0.25, 0.3) is 0 Å². The molecule has 1 aromatic heterocycles. The maximum absolute atomic E-state index is 12.3. The summed E-state index contributed by atoms with van der Waals surface area (Å²) in [5.41, 5.74) is 2.42. The Balaban J connectivity index is 1.48. The lowest BCUT2D eigenvalue weighted by Crippen LogP contribution is -2.28. The minimum Gasteiger partial charge on any atom is -0.497 e. The van der Waals surface area contributed by atoms with Gasteiger partial charge in [-0.3, -0.25) is 9.59 Å². The number of hydrogen-bond acceptors (Lipinski definition) is 6. The van der Waals surface area contributed by atoms with Crippen LogP contribution in [0.5, 0.6) is 5.75 Å². The Morgan fingerprint density at radius 2 is 1.86 bits per heavy atom. The van der Waals surface area contributed by atoms with Crippen molar-refractivity contribution in [1.29, 1.82) is 0 Å². The molecule has 0 aliphatic carbocycles. The number of thioether (sulfide) groups is 1. The minimum atomic E-state index is -0.0717. The molecule has 0 fully saturated rings. The van der Waals surface area contributed by atoms with Gasteiger partial charge in [0.25, 0.3) is 0 Å². The fourth-order valence-corrected chi connectivity index (χ4v) is 4.44. The third kappa shape index (κ3) is 6.17. The lowest BCUT2D eigenvalue weighted by atomic mass is 10.1. The van der Waals surface area contributed by atoms with E-state index in [0.717, 1.165) is 15.7 Å². The van der Waals surface area contributed by atoms with Gasteiger partial charge in [-0.15, -0.1) is 11.3 Å². The Bertz CT molecular complexity index is 956. The van der Waals surface area contributed by atoms with Crippen LogP contribution in [0.3, 0.4) is 0 Å². The van der Waals surface area contributed by atoms with Gasteiger partial charge in [0.2, 0.25) is 5.91 Å². The van der Waals surface area contributed by atoms with E-state index in [-0.39, 0.29) is 24.2 Å². The normalized spacial score (nSPS) is 11.7. The summed E-state index contributed by atoms with van der Waals surface area (Å²) >= 11 is 2.84. The molecule has 0 spiro atoms. The van der Waals surface area contributed by atoms with E-state index in [1.807, 2.05) is 42.6 Å². The first-order valence-corrected chi connectivity index (χ1v) is 11.0. The average Bonchev–Trinajstić information content (AvgIpc) is 3.19. The summed E-state index contributed by atoms with van der Waals surface area (Å²) in [6.45, 7) is 1.96. The van der Waals surface area contributed by atoms with E-state index in [9.17, 15) is 9.59 Å². The first kappa shape index (κ1) is 21.1. The van der Waals surface area contributed by atoms with Gasteiger partial charge < -0.3 is 10.1 Å². The van der Waals surface area contributed by atoms with Crippen LogP contribution in [0, 0.1) is 0 Å². The second kappa shape index (κ2) is 10.2. The van der Waals surface area contributed by atoms with Gasteiger partial charge in [0.15, 0.2) is 10.1 Å². The standard InChI is InChI=1S/C22H22N2O3S2/c1-15(16-6-4-3-5-7-16)23-21(26)12-18-13-28-22(24-18)29-14-20(25)17-8-10-19(27-2)11-9-17/h3-11,13,15H,12,14H2,1-2H3,(H,23,26). The minimum absolute atomic E-state index is 0.0313. The van der Waals surface area contributed by atoms with Gasteiger partial charge in [0.05, 0.1) is 31.0 Å². The molecular formula is C22H22N2O3S2. The van der Waals surface area contributed by atoms with Crippen molar-refractivity contribution in [2.75, 3.05) is 12.9 Å². The Hall–Kier alpha value is -2.64. The van der Waals surface area contributed by atoms with Crippen molar-refractivity contribution in [3.63, 3.8) is 0 Å². The maximum atomic E-state index is 12.3. The van der Waals surface area contributed by atoms with Crippen molar-refractivity contribution >= 4 is 34.8 Å². The van der Waals surface area contributed by atoms with Crippen molar-refractivity contribution in [2.24, 2.45) is 0 Å². The van der Waals surface area contributed by atoms with Crippen LogP contribution in [0.4, 0.5) is 0 Å². The molecule has 0 bridgehead atoms. The number of carbonyl (C=O) groups is 2. The molecule has 0 saturated heterocycles. The zero-order chi connectivity index (χ0) is 20.6. The van der Waals surface area contributed by atoms with E-state index >= 15 is 0 Å². The largest absolute Gasteiger partial charge is 0.497 e. The van der Waals surface area contributed by atoms with Gasteiger partial charge in [0.1, 0.15) is 5.75 Å². The number of benzene rings is 2. The predicted molar refractivity (Wildman–Crippen MR) is 117 cm³/mol. The maximum Gasteiger partial charge on any atom is 0.226 e. The molecule has 5 nitrogen and oxygen atoms in total. The number of ether oxygens (including phenoxy) is 1. The zero-order valence-corrected chi connectivity index (χ0v) is 17.9. The molecule has 3 rings (SSSR count). The second-order valence-electron chi connectivity index (χ2n) is 6.42. The fraction of sp³-hybridized carbons (Fsp3) is 0.227. The van der Waals surface area contributed by atoms with Gasteiger partial charge in [-0.1, -0.05) is 42.1 Å². The van der Waals surface area contributed by atoms with Crippen molar-refractivity contribution in [2.45, 2.75) is 23.7 Å². The van der Waals surface area contributed by atoms with Crippen molar-refractivity contribution in [3.05, 3.63) is 76.8 Å². The van der Waals surface area contributed by atoms with Crippen LogP contribution in [0.2, 0.25) is 0 Å². The van der Waals surface area contributed by atoms with Crippen LogP contribution >= 0.6 is 23.1 Å². The number of ketones is 1. The number of aromatic nitrogens is 1. The van der Waals surface area contributed by atoms with Gasteiger partial charge in [-0.2, -0.15) is 0 Å². The Morgan fingerprint density at radius 3 is 2.55 bits per heavy atom. The number of rotatable bonds is 9. The van der Waals surface area contributed by atoms with Gasteiger partial charge >= 0.3 is 0 Å². The number of hydrogen-bond donors (Lipinski definition) is 1. The van der Waals surface area contributed by atoms with Crippen LogP contribution in [-0.2, 0) is 11.2 Å². The fourth-order valence-electron chi connectivity index (χ4n) is 2.71. The molecule has 150 valence electrons. The number of carbonyl (C=O) groups excluding carboxylic acids is 2. The quantitative estimate of drug-likeness (QED) is 0.402. The highest BCUT2D eigenvalue weighted by Crippen LogP contribution is 2.24. The van der Waals surface area contributed by atoms with Gasteiger partial charge in [0, 0.05) is 10.9 Å². The monoisotopic (exact) mass is 426 g/mol. The molecular weight excluding hydrogens is 404 g/mol. The molecule has 7 heteroatoms. The van der Waals surface area contributed by atoms with Crippen LogP contribution in [0.1, 0.15) is 34.6 Å². The third-order valence-electron chi connectivity index (χ3n) is 4.29. The Kier molecular flexibility index (Phi) is 7.43.